The van der Waals surface area contributed by atoms with Crippen LogP contribution in [0.25, 0.3) is 11.0 Å². The highest BCUT2D eigenvalue weighted by atomic mass is 16.5. The molecule has 0 unspecified atom stereocenters. The number of H-pyrrole nitrogens is 1. The number of carboxylic acids is 1. The molecule has 3 aromatic rings. The average molecular weight is 395 g/mol. The lowest BCUT2D eigenvalue weighted by atomic mass is 9.97. The van der Waals surface area contributed by atoms with Crippen LogP contribution in [0.15, 0.2) is 47.3 Å². The molecule has 7 heteroatoms. The van der Waals surface area contributed by atoms with E-state index in [-0.39, 0.29) is 11.7 Å². The smallest absolute Gasteiger partial charge is 0.326 e. The Morgan fingerprint density at radius 1 is 1.21 bits per heavy atom. The van der Waals surface area contributed by atoms with E-state index in [4.69, 9.17) is 4.74 Å². The first-order valence-corrected chi connectivity index (χ1v) is 9.80. The van der Waals surface area contributed by atoms with Crippen molar-refractivity contribution in [1.29, 1.82) is 0 Å². The molecule has 0 bridgehead atoms. The van der Waals surface area contributed by atoms with Crippen molar-refractivity contribution < 1.29 is 14.6 Å². The van der Waals surface area contributed by atoms with Gasteiger partial charge in [-0.15, -0.1) is 0 Å². The predicted octanol–water partition coefficient (Wildman–Crippen LogP) is 3.11. The molecule has 0 spiro atoms. The maximum absolute atomic E-state index is 12.5. The maximum atomic E-state index is 12.5. The number of imidazole rings is 1. The first kappa shape index (κ1) is 19.3. The Bertz CT molecular complexity index is 1090. The van der Waals surface area contributed by atoms with Crippen molar-refractivity contribution >= 4 is 17.0 Å². The van der Waals surface area contributed by atoms with Crippen LogP contribution in [0.3, 0.4) is 0 Å². The minimum Gasteiger partial charge on any atom is -0.496 e. The average Bonchev–Trinajstić information content (AvgIpc) is 3.04. The summed E-state index contributed by atoms with van der Waals surface area (Å²) in [4.78, 5) is 29.5. The molecule has 0 amide bonds. The van der Waals surface area contributed by atoms with Crippen LogP contribution in [0.4, 0.5) is 0 Å². The number of nitrogens with zero attached hydrogens (tertiary/aromatic N) is 2. The zero-order valence-electron chi connectivity index (χ0n) is 16.6. The number of aryl methyl sites for hydroxylation is 1. The normalized spacial score (nSPS) is 16.8. The van der Waals surface area contributed by atoms with Gasteiger partial charge in [0.1, 0.15) is 11.8 Å². The highest BCUT2D eigenvalue weighted by Gasteiger charge is 2.34. The third-order valence-corrected chi connectivity index (χ3v) is 5.77. The molecule has 2 N–H and O–H groups in total. The van der Waals surface area contributed by atoms with Gasteiger partial charge < -0.3 is 14.8 Å². The van der Waals surface area contributed by atoms with Gasteiger partial charge in [0.05, 0.1) is 18.1 Å². The maximum Gasteiger partial charge on any atom is 0.326 e. The number of carbonyl (C=O) groups is 1. The summed E-state index contributed by atoms with van der Waals surface area (Å²) < 4.78 is 7.24. The van der Waals surface area contributed by atoms with Gasteiger partial charge in [-0.1, -0.05) is 29.8 Å². The summed E-state index contributed by atoms with van der Waals surface area (Å²) in [6, 6.07) is 12.5. The first-order chi connectivity index (χ1) is 14.0. The van der Waals surface area contributed by atoms with Gasteiger partial charge in [0.15, 0.2) is 0 Å². The van der Waals surface area contributed by atoms with Crippen LogP contribution in [0.1, 0.15) is 36.1 Å². The number of hydrogen-bond donors (Lipinski definition) is 2. The lowest BCUT2D eigenvalue weighted by Gasteiger charge is -2.36. The number of benzene rings is 2. The highest BCUT2D eigenvalue weighted by Crippen LogP contribution is 2.34. The lowest BCUT2D eigenvalue weighted by Crippen LogP contribution is -2.42. The molecule has 1 atom stereocenters. The number of rotatable bonds is 5. The lowest BCUT2D eigenvalue weighted by molar-refractivity contribution is -0.144. The van der Waals surface area contributed by atoms with E-state index >= 15 is 0 Å². The van der Waals surface area contributed by atoms with E-state index in [0.717, 1.165) is 16.6 Å². The van der Waals surface area contributed by atoms with Gasteiger partial charge in [0.25, 0.3) is 0 Å². The summed E-state index contributed by atoms with van der Waals surface area (Å²) >= 11 is 0. The fourth-order valence-corrected chi connectivity index (χ4v) is 4.39. The number of carboxylic acid groups (broad SMARTS) is 1. The monoisotopic (exact) mass is 395 g/mol. The van der Waals surface area contributed by atoms with E-state index in [9.17, 15) is 14.7 Å². The molecule has 2 heterocycles. The van der Waals surface area contributed by atoms with Crippen molar-refractivity contribution in [1.82, 2.24) is 14.5 Å². The van der Waals surface area contributed by atoms with Crippen molar-refractivity contribution in [3.05, 3.63) is 64.1 Å². The molecule has 152 valence electrons. The minimum absolute atomic E-state index is 0.0451. The molecule has 0 aliphatic carbocycles. The number of aromatic amines is 1. The summed E-state index contributed by atoms with van der Waals surface area (Å²) in [6.45, 7) is 3.12. The van der Waals surface area contributed by atoms with Crippen LogP contribution >= 0.6 is 0 Å². The van der Waals surface area contributed by atoms with E-state index in [1.54, 1.807) is 7.11 Å². The Morgan fingerprint density at radius 3 is 2.62 bits per heavy atom. The molecule has 4 rings (SSSR count). The molecule has 29 heavy (non-hydrogen) atoms. The summed E-state index contributed by atoms with van der Waals surface area (Å²) in [5, 5.41) is 9.97. The zero-order valence-corrected chi connectivity index (χ0v) is 16.6. The first-order valence-electron chi connectivity index (χ1n) is 9.80. The van der Waals surface area contributed by atoms with Crippen LogP contribution in [0.5, 0.6) is 5.75 Å². The molecule has 1 fully saturated rings. The molecule has 1 aliphatic rings. The fourth-order valence-electron chi connectivity index (χ4n) is 4.39. The van der Waals surface area contributed by atoms with E-state index in [1.807, 2.05) is 58.9 Å². The van der Waals surface area contributed by atoms with Gasteiger partial charge in [-0.25, -0.2) is 4.79 Å². The van der Waals surface area contributed by atoms with E-state index in [1.165, 1.54) is 0 Å². The van der Waals surface area contributed by atoms with Crippen molar-refractivity contribution in [2.45, 2.75) is 31.8 Å². The Balaban J connectivity index is 1.59. The number of para-hydroxylation sites is 2. The van der Waals surface area contributed by atoms with E-state index in [2.05, 4.69) is 4.98 Å². The number of aliphatic carboxylic acids is 1. The summed E-state index contributed by atoms with van der Waals surface area (Å²) in [5.74, 6) is -0.311. The van der Waals surface area contributed by atoms with Gasteiger partial charge in [-0.2, -0.15) is 0 Å². The van der Waals surface area contributed by atoms with Crippen molar-refractivity contribution in [3.63, 3.8) is 0 Å². The van der Waals surface area contributed by atoms with E-state index in [0.29, 0.717) is 37.2 Å². The van der Waals surface area contributed by atoms with Crippen molar-refractivity contribution in [3.8, 4) is 5.75 Å². The van der Waals surface area contributed by atoms with Crippen LogP contribution in [-0.4, -0.2) is 45.7 Å². The second-order valence-electron chi connectivity index (χ2n) is 7.57. The van der Waals surface area contributed by atoms with Crippen molar-refractivity contribution in [2.75, 3.05) is 20.2 Å². The van der Waals surface area contributed by atoms with Crippen LogP contribution in [0.2, 0.25) is 0 Å². The van der Waals surface area contributed by atoms with Gasteiger partial charge in [0, 0.05) is 24.7 Å². The Kier molecular flexibility index (Phi) is 5.15. The van der Waals surface area contributed by atoms with Gasteiger partial charge in [0.2, 0.25) is 0 Å². The van der Waals surface area contributed by atoms with Gasteiger partial charge >= 0.3 is 11.7 Å². The predicted molar refractivity (Wildman–Crippen MR) is 111 cm³/mol. The topological polar surface area (TPSA) is 87.6 Å². The number of methoxy groups -OCH3 is 1. The third-order valence-electron chi connectivity index (χ3n) is 5.77. The molecular formula is C22H25N3O4. The summed E-state index contributed by atoms with van der Waals surface area (Å²) in [5.41, 5.74) is 3.27. The quantitative estimate of drug-likeness (QED) is 0.693. The standard InChI is InChI=1S/C22H25N3O4/c1-14-7-8-19(29-2)16(13-14)20(21(26)27)24-11-9-15(10-12-24)25-18-6-4-3-5-17(18)23-22(25)28/h3-8,13,15,20H,9-12H2,1-2H3,(H,23,28)(H,26,27)/t20-/m0/s1. The number of aromatic nitrogens is 2. The van der Waals surface area contributed by atoms with Crippen molar-refractivity contribution in [2.24, 2.45) is 0 Å². The number of fused-ring (bicyclic) bond motifs is 1. The highest BCUT2D eigenvalue weighted by molar-refractivity contribution is 5.77. The van der Waals surface area contributed by atoms with Gasteiger partial charge in [-0.05, 0) is 38.0 Å². The molecule has 1 aromatic heterocycles. The van der Waals surface area contributed by atoms with Crippen LogP contribution in [0, 0.1) is 6.92 Å². The fraction of sp³-hybridized carbons (Fsp3) is 0.364. The molecule has 2 aromatic carbocycles. The van der Waals surface area contributed by atoms with Crippen LogP contribution < -0.4 is 10.4 Å². The molecular weight excluding hydrogens is 370 g/mol. The Hall–Kier alpha value is -3.06. The Labute approximate surface area is 168 Å². The molecule has 0 radical (unpaired) electrons. The number of likely N-dealkylation sites (tertiary alicyclic amines) is 1. The summed E-state index contributed by atoms with van der Waals surface area (Å²) in [6.07, 6.45) is 1.42. The second-order valence-corrected chi connectivity index (χ2v) is 7.57. The molecule has 1 aliphatic heterocycles. The number of nitrogens with one attached hydrogen (secondary N) is 1. The number of hydrogen-bond acceptors (Lipinski definition) is 4. The molecule has 1 saturated heterocycles. The number of ether oxygens (including phenoxy) is 1. The SMILES string of the molecule is COc1ccc(C)cc1[C@@H](C(=O)O)N1CCC(n2c(=O)[nH]c3ccccc32)CC1. The number of piperidine rings is 1. The molecule has 0 saturated carbocycles. The largest absolute Gasteiger partial charge is 0.496 e. The Morgan fingerprint density at radius 2 is 1.93 bits per heavy atom. The van der Waals surface area contributed by atoms with Gasteiger partial charge in [-0.3, -0.25) is 14.3 Å². The van der Waals surface area contributed by atoms with Crippen LogP contribution in [-0.2, 0) is 4.79 Å². The summed E-state index contributed by atoms with van der Waals surface area (Å²) in [7, 11) is 1.56. The zero-order chi connectivity index (χ0) is 20.5. The third kappa shape index (κ3) is 3.53. The second kappa shape index (κ2) is 7.75. The van der Waals surface area contributed by atoms with E-state index < -0.39 is 12.0 Å². The minimum atomic E-state index is -0.892. The molecule has 7 nitrogen and oxygen atoms in total.